The second-order valence-corrected chi connectivity index (χ2v) is 8.87. The first-order valence-electron chi connectivity index (χ1n) is 11.5. The van der Waals surface area contributed by atoms with Gasteiger partial charge in [0.05, 0.1) is 6.33 Å². The molecule has 1 aromatic heterocycles. The Balaban J connectivity index is 1.45. The Morgan fingerprint density at radius 1 is 1.03 bits per heavy atom. The molecule has 0 saturated heterocycles. The van der Waals surface area contributed by atoms with Gasteiger partial charge in [-0.3, -0.25) is 4.79 Å². The van der Waals surface area contributed by atoms with E-state index in [9.17, 15) is 19.5 Å². The molecule has 0 fully saturated rings. The van der Waals surface area contributed by atoms with Crippen LogP contribution < -0.4 is 10.6 Å². The molecule has 1 aliphatic carbocycles. The number of imidazole rings is 1. The van der Waals surface area contributed by atoms with Gasteiger partial charge in [0.2, 0.25) is 5.91 Å². The fourth-order valence-electron chi connectivity index (χ4n) is 4.38. The zero-order valence-electron chi connectivity index (χ0n) is 19.5. The van der Waals surface area contributed by atoms with Crippen LogP contribution in [0.15, 0.2) is 61.1 Å². The van der Waals surface area contributed by atoms with Crippen LogP contribution in [-0.4, -0.2) is 51.7 Å². The number of carbonyl (C=O) groups is 3. The molecule has 2 atom stereocenters. The van der Waals surface area contributed by atoms with Gasteiger partial charge in [-0.1, -0.05) is 62.4 Å². The van der Waals surface area contributed by atoms with E-state index in [-0.39, 0.29) is 24.9 Å². The number of carboxylic acid groups (broad SMARTS) is 1. The van der Waals surface area contributed by atoms with Crippen LogP contribution in [0.1, 0.15) is 36.6 Å². The van der Waals surface area contributed by atoms with Crippen LogP contribution in [-0.2, 0) is 20.7 Å². The summed E-state index contributed by atoms with van der Waals surface area (Å²) in [5.41, 5.74) is 4.99. The predicted octanol–water partition coefficient (Wildman–Crippen LogP) is 3.08. The van der Waals surface area contributed by atoms with E-state index < -0.39 is 30.1 Å². The number of aromatic amines is 1. The van der Waals surface area contributed by atoms with Gasteiger partial charge < -0.3 is 25.5 Å². The molecule has 4 N–H and O–H groups in total. The minimum Gasteiger partial charge on any atom is -0.480 e. The van der Waals surface area contributed by atoms with E-state index in [1.54, 1.807) is 13.8 Å². The number of H-pyrrole nitrogens is 1. The molecule has 1 heterocycles. The van der Waals surface area contributed by atoms with E-state index in [4.69, 9.17) is 4.74 Å². The molecular formula is C26H28N4O5. The van der Waals surface area contributed by atoms with Crippen molar-refractivity contribution in [1.82, 2.24) is 20.6 Å². The Kier molecular flexibility index (Phi) is 7.14. The van der Waals surface area contributed by atoms with Gasteiger partial charge in [-0.25, -0.2) is 14.6 Å². The summed E-state index contributed by atoms with van der Waals surface area (Å²) in [4.78, 5) is 44.1. The number of ether oxygens (including phenoxy) is 1. The maximum absolute atomic E-state index is 12.9. The quantitative estimate of drug-likeness (QED) is 0.375. The minimum atomic E-state index is -1.14. The molecule has 4 rings (SSSR count). The first kappa shape index (κ1) is 24.0. The van der Waals surface area contributed by atoms with E-state index in [0.717, 1.165) is 22.3 Å². The lowest BCUT2D eigenvalue weighted by Gasteiger charge is -2.23. The van der Waals surface area contributed by atoms with Crippen LogP contribution in [0.25, 0.3) is 11.1 Å². The van der Waals surface area contributed by atoms with Crippen molar-refractivity contribution in [3.05, 3.63) is 77.9 Å². The molecule has 182 valence electrons. The summed E-state index contributed by atoms with van der Waals surface area (Å²) >= 11 is 0. The number of hydrogen-bond donors (Lipinski definition) is 4. The summed E-state index contributed by atoms with van der Waals surface area (Å²) in [5.74, 6) is -2.21. The molecule has 3 aromatic rings. The number of fused-ring (bicyclic) bond motifs is 3. The lowest BCUT2D eigenvalue weighted by atomic mass is 9.98. The monoisotopic (exact) mass is 476 g/mol. The fourth-order valence-corrected chi connectivity index (χ4v) is 4.38. The number of carboxylic acids is 1. The second-order valence-electron chi connectivity index (χ2n) is 8.87. The van der Waals surface area contributed by atoms with E-state index in [1.807, 2.05) is 48.5 Å². The van der Waals surface area contributed by atoms with Crippen molar-refractivity contribution in [3.8, 4) is 11.1 Å². The Morgan fingerprint density at radius 3 is 2.20 bits per heavy atom. The van der Waals surface area contributed by atoms with E-state index >= 15 is 0 Å². The smallest absolute Gasteiger partial charge is 0.407 e. The lowest BCUT2D eigenvalue weighted by Crippen LogP contribution is -2.54. The number of benzene rings is 2. The number of nitrogens with zero attached hydrogens (tertiary/aromatic N) is 1. The summed E-state index contributed by atoms with van der Waals surface area (Å²) in [7, 11) is 0. The van der Waals surface area contributed by atoms with Gasteiger partial charge >= 0.3 is 12.1 Å². The van der Waals surface area contributed by atoms with Crippen molar-refractivity contribution >= 4 is 18.0 Å². The molecule has 0 radical (unpaired) electrons. The Hall–Kier alpha value is -4.14. The van der Waals surface area contributed by atoms with E-state index in [1.165, 1.54) is 12.5 Å². The summed E-state index contributed by atoms with van der Waals surface area (Å²) in [6.07, 6.45) is 2.34. The number of aliphatic carboxylic acids is 1. The average Bonchev–Trinajstić information content (AvgIpc) is 3.46. The van der Waals surface area contributed by atoms with Gasteiger partial charge in [0.1, 0.15) is 18.7 Å². The van der Waals surface area contributed by atoms with Crippen LogP contribution in [0.2, 0.25) is 0 Å². The normalized spacial score (nSPS) is 14.0. The topological polar surface area (TPSA) is 133 Å². The molecule has 9 heteroatoms. The van der Waals surface area contributed by atoms with Crippen molar-refractivity contribution in [1.29, 1.82) is 0 Å². The molecule has 1 aliphatic rings. The molecule has 0 aliphatic heterocycles. The van der Waals surface area contributed by atoms with Crippen molar-refractivity contribution in [2.75, 3.05) is 6.61 Å². The first-order chi connectivity index (χ1) is 16.8. The highest BCUT2D eigenvalue weighted by molar-refractivity contribution is 5.89. The number of amides is 2. The zero-order valence-corrected chi connectivity index (χ0v) is 19.5. The average molecular weight is 477 g/mol. The summed E-state index contributed by atoms with van der Waals surface area (Å²) < 4.78 is 5.57. The number of carbonyl (C=O) groups excluding carboxylic acids is 2. The summed E-state index contributed by atoms with van der Waals surface area (Å²) in [6.45, 7) is 3.49. The van der Waals surface area contributed by atoms with Gasteiger partial charge in [0.15, 0.2) is 0 Å². The second kappa shape index (κ2) is 10.4. The molecule has 35 heavy (non-hydrogen) atoms. The van der Waals surface area contributed by atoms with Crippen molar-refractivity contribution in [3.63, 3.8) is 0 Å². The zero-order chi connectivity index (χ0) is 24.9. The number of nitrogens with one attached hydrogen (secondary N) is 3. The first-order valence-corrected chi connectivity index (χ1v) is 11.5. The molecular weight excluding hydrogens is 448 g/mol. The predicted molar refractivity (Wildman–Crippen MR) is 129 cm³/mol. The molecule has 9 nitrogen and oxygen atoms in total. The van der Waals surface area contributed by atoms with Gasteiger partial charge in [0, 0.05) is 24.2 Å². The van der Waals surface area contributed by atoms with Crippen LogP contribution in [0.3, 0.4) is 0 Å². The largest absolute Gasteiger partial charge is 0.480 e. The number of rotatable bonds is 9. The van der Waals surface area contributed by atoms with E-state index in [0.29, 0.717) is 5.69 Å². The third-order valence-corrected chi connectivity index (χ3v) is 6.16. The maximum Gasteiger partial charge on any atom is 0.407 e. The maximum atomic E-state index is 12.9. The third-order valence-electron chi connectivity index (χ3n) is 6.16. The molecule has 2 aromatic carbocycles. The SMILES string of the molecule is CC(C)[C@@H](NC(=O)[C@@H](Cc1cnc[nH]1)NC(=O)OCC1c2ccccc2-c2ccccc21)C(=O)O. The van der Waals surface area contributed by atoms with Crippen LogP contribution in [0.5, 0.6) is 0 Å². The highest BCUT2D eigenvalue weighted by Gasteiger charge is 2.31. The minimum absolute atomic E-state index is 0.0977. The third kappa shape index (κ3) is 5.34. The highest BCUT2D eigenvalue weighted by Crippen LogP contribution is 2.44. The van der Waals surface area contributed by atoms with Crippen LogP contribution >= 0.6 is 0 Å². The van der Waals surface area contributed by atoms with Crippen LogP contribution in [0, 0.1) is 5.92 Å². The van der Waals surface area contributed by atoms with Gasteiger partial charge in [-0.05, 0) is 28.2 Å². The molecule has 2 amide bonds. The Labute approximate surface area is 202 Å². The van der Waals surface area contributed by atoms with Crippen molar-refractivity contribution in [2.24, 2.45) is 5.92 Å². The molecule has 0 bridgehead atoms. The van der Waals surface area contributed by atoms with Crippen LogP contribution in [0.4, 0.5) is 4.79 Å². The number of hydrogen-bond acceptors (Lipinski definition) is 5. The van der Waals surface area contributed by atoms with E-state index in [2.05, 4.69) is 20.6 Å². The lowest BCUT2D eigenvalue weighted by molar-refractivity contribution is -0.143. The van der Waals surface area contributed by atoms with Gasteiger partial charge in [-0.2, -0.15) is 0 Å². The standard InChI is InChI=1S/C26H28N4O5/c1-15(2)23(25(32)33)30-24(31)22(11-16-12-27-14-28-16)29-26(34)35-13-21-19-9-5-3-7-17(19)18-8-4-6-10-20(18)21/h3-10,12,14-15,21-23H,11,13H2,1-2H3,(H,27,28)(H,29,34)(H,30,31)(H,32,33)/t22-,23-/m1/s1. The van der Waals surface area contributed by atoms with Crippen molar-refractivity contribution in [2.45, 2.75) is 38.3 Å². The summed E-state index contributed by atoms with van der Waals surface area (Å²) in [6, 6.07) is 13.9. The van der Waals surface area contributed by atoms with Gasteiger partial charge in [0.25, 0.3) is 0 Å². The number of alkyl carbamates (subject to hydrolysis) is 1. The molecule has 0 saturated carbocycles. The molecule has 0 spiro atoms. The van der Waals surface area contributed by atoms with Gasteiger partial charge in [-0.15, -0.1) is 0 Å². The Bertz CT molecular complexity index is 1160. The number of aromatic nitrogens is 2. The van der Waals surface area contributed by atoms with Crippen molar-refractivity contribution < 1.29 is 24.2 Å². The Morgan fingerprint density at radius 2 is 1.66 bits per heavy atom. The summed E-state index contributed by atoms with van der Waals surface area (Å²) in [5, 5.41) is 14.5. The molecule has 0 unspecified atom stereocenters. The highest BCUT2D eigenvalue weighted by atomic mass is 16.5. The fraction of sp³-hybridized carbons (Fsp3) is 0.308.